The normalized spacial score (nSPS) is 13.3. The zero-order valence-electron chi connectivity index (χ0n) is 23.2. The monoisotopic (exact) mass is 686 g/mol. The van der Waals surface area contributed by atoms with Crippen LogP contribution in [-0.2, 0) is 26.7 Å². The molecule has 6 aromatic rings. The van der Waals surface area contributed by atoms with Gasteiger partial charge < -0.3 is 4.98 Å². The van der Waals surface area contributed by atoms with Crippen molar-refractivity contribution in [2.75, 3.05) is 0 Å². The van der Waals surface area contributed by atoms with Gasteiger partial charge in [0.2, 0.25) is 19.7 Å². The van der Waals surface area contributed by atoms with Gasteiger partial charge in [0.15, 0.2) is 0 Å². The fourth-order valence-electron chi connectivity index (χ4n) is 5.29. The first kappa shape index (κ1) is 30.9. The van der Waals surface area contributed by atoms with Crippen LogP contribution in [0.3, 0.4) is 0 Å². The van der Waals surface area contributed by atoms with Gasteiger partial charge in [-0.3, -0.25) is 4.68 Å². The van der Waals surface area contributed by atoms with E-state index in [9.17, 15) is 16.8 Å². The van der Waals surface area contributed by atoms with E-state index in [2.05, 4.69) is 15.1 Å². The highest BCUT2D eigenvalue weighted by Crippen LogP contribution is 2.54. The Labute approximate surface area is 267 Å². The second-order valence-electron chi connectivity index (χ2n) is 10.2. The summed E-state index contributed by atoms with van der Waals surface area (Å²) in [5.74, 6) is -3.39. The minimum absolute atomic E-state index is 0.145. The first-order chi connectivity index (χ1) is 21.4. The van der Waals surface area contributed by atoms with Crippen molar-refractivity contribution in [2.45, 2.75) is 20.0 Å². The van der Waals surface area contributed by atoms with Crippen LogP contribution in [0.4, 0.5) is 8.78 Å². The summed E-state index contributed by atoms with van der Waals surface area (Å²) in [7, 11) is -9.28. The number of benzene rings is 3. The molecule has 1 N–H and O–H groups in total. The molecule has 8 nitrogen and oxygen atoms in total. The average molecular weight is 688 g/mol. The topological polar surface area (TPSA) is 115 Å². The first-order valence-electron chi connectivity index (χ1n) is 13.3. The summed E-state index contributed by atoms with van der Waals surface area (Å²) >= 11 is 13.0. The molecule has 3 aromatic heterocycles. The molecule has 3 aromatic carbocycles. The fourth-order valence-corrected chi connectivity index (χ4v) is 10.4. The zero-order valence-corrected chi connectivity index (χ0v) is 26.3. The summed E-state index contributed by atoms with van der Waals surface area (Å²) in [5.41, 5.74) is 0.528. The molecule has 0 radical (unpaired) electrons. The van der Waals surface area contributed by atoms with E-state index in [1.165, 1.54) is 48.8 Å². The van der Waals surface area contributed by atoms with Crippen LogP contribution in [-0.4, -0.2) is 40.9 Å². The van der Waals surface area contributed by atoms with Gasteiger partial charge in [-0.15, -0.1) is 0 Å². The number of aryl methyl sites for hydroxylation is 1. The number of aromatic amines is 1. The Morgan fingerprint density at radius 1 is 0.867 bits per heavy atom. The largest absolute Gasteiger partial charge is 0.346 e. The Bertz CT molecular complexity index is 2210. The number of nitrogens with zero attached hydrogens (tertiary/aromatic N) is 3. The minimum atomic E-state index is -5.50. The standard InChI is InChI=1S/C31H22Cl2F2N4O4S2/c1-39-18-20(16-38-39)19-14-23-24(17-37-30(23)36-15-19)28(27-25(32)12-13-26(34)29(27)33)31(35,44(40,41)21-8-4-2-5-9-21)45(42,43)22-10-6-3-7-11-22/h2-18,28H,1H3,(H,36,37). The molecular weight excluding hydrogens is 665 g/mol. The lowest BCUT2D eigenvalue weighted by Crippen LogP contribution is -2.48. The van der Waals surface area contributed by atoms with Crippen molar-refractivity contribution >= 4 is 53.9 Å². The average Bonchev–Trinajstić information content (AvgIpc) is 3.67. The van der Waals surface area contributed by atoms with Crippen LogP contribution in [0, 0.1) is 5.82 Å². The van der Waals surface area contributed by atoms with Crippen LogP contribution in [0.5, 0.6) is 0 Å². The Balaban J connectivity index is 1.77. The number of aromatic nitrogens is 4. The molecule has 14 heteroatoms. The molecule has 1 atom stereocenters. The molecule has 3 heterocycles. The van der Waals surface area contributed by atoms with Gasteiger partial charge in [0.25, 0.3) is 0 Å². The lowest BCUT2D eigenvalue weighted by Gasteiger charge is -2.34. The van der Waals surface area contributed by atoms with Crippen molar-refractivity contribution in [3.8, 4) is 11.1 Å². The van der Waals surface area contributed by atoms with E-state index in [0.29, 0.717) is 11.1 Å². The molecular formula is C31H22Cl2F2N4O4S2. The van der Waals surface area contributed by atoms with Crippen LogP contribution >= 0.6 is 23.2 Å². The summed E-state index contributed by atoms with van der Waals surface area (Å²) in [4.78, 5) is 6.00. The molecule has 0 fully saturated rings. The quantitative estimate of drug-likeness (QED) is 0.171. The number of alkyl halides is 1. The van der Waals surface area contributed by atoms with Gasteiger partial charge >= 0.3 is 4.33 Å². The summed E-state index contributed by atoms with van der Waals surface area (Å²) in [6.07, 6.45) is 6.00. The third-order valence-electron chi connectivity index (χ3n) is 7.47. The van der Waals surface area contributed by atoms with Crippen molar-refractivity contribution in [3.05, 3.63) is 131 Å². The van der Waals surface area contributed by atoms with E-state index >= 15 is 8.78 Å². The van der Waals surface area contributed by atoms with E-state index in [-0.39, 0.29) is 21.6 Å². The third-order valence-corrected chi connectivity index (χ3v) is 13.2. The van der Waals surface area contributed by atoms with Gasteiger partial charge in [-0.2, -0.15) is 5.10 Å². The molecule has 0 aliphatic carbocycles. The molecule has 0 aliphatic rings. The van der Waals surface area contributed by atoms with Crippen LogP contribution in [0.2, 0.25) is 10.0 Å². The fraction of sp³-hybridized carbons (Fsp3) is 0.0968. The Morgan fingerprint density at radius 3 is 2.02 bits per heavy atom. The molecule has 45 heavy (non-hydrogen) atoms. The number of nitrogens with one attached hydrogen (secondary N) is 1. The molecule has 0 saturated carbocycles. The van der Waals surface area contributed by atoms with Crippen LogP contribution in [0.25, 0.3) is 22.2 Å². The molecule has 0 spiro atoms. The predicted molar refractivity (Wildman–Crippen MR) is 168 cm³/mol. The second kappa shape index (κ2) is 11.4. The minimum Gasteiger partial charge on any atom is -0.346 e. The summed E-state index contributed by atoms with van der Waals surface area (Å²) in [6, 6.07) is 16.2. The van der Waals surface area contributed by atoms with Gasteiger partial charge in [-0.25, -0.2) is 30.6 Å². The van der Waals surface area contributed by atoms with Crippen molar-refractivity contribution < 1.29 is 25.6 Å². The van der Waals surface area contributed by atoms with Crippen molar-refractivity contribution in [2.24, 2.45) is 7.05 Å². The highest BCUT2D eigenvalue weighted by molar-refractivity contribution is 8.10. The van der Waals surface area contributed by atoms with Crippen LogP contribution in [0.15, 0.2) is 113 Å². The van der Waals surface area contributed by atoms with Crippen molar-refractivity contribution in [1.29, 1.82) is 0 Å². The number of hydrogen-bond donors (Lipinski definition) is 1. The van der Waals surface area contributed by atoms with E-state index in [4.69, 9.17) is 23.2 Å². The number of sulfone groups is 2. The van der Waals surface area contributed by atoms with Crippen LogP contribution < -0.4 is 0 Å². The van der Waals surface area contributed by atoms with Gasteiger partial charge in [-0.05, 0) is 48.0 Å². The SMILES string of the molecule is Cn1cc(-c2cnc3[nH]cc(C(c4c(Cl)ccc(F)c4Cl)C(F)(S(=O)(=O)c4ccccc4)S(=O)(=O)c4ccccc4)c3c2)cn1. The molecule has 230 valence electrons. The predicted octanol–water partition coefficient (Wildman–Crippen LogP) is 7.11. The van der Waals surface area contributed by atoms with Gasteiger partial charge in [0.05, 0.1) is 26.9 Å². The van der Waals surface area contributed by atoms with E-state index in [1.54, 1.807) is 30.2 Å². The lowest BCUT2D eigenvalue weighted by molar-refractivity contribution is 0.327. The van der Waals surface area contributed by atoms with E-state index in [1.807, 2.05) is 0 Å². The number of H-pyrrole nitrogens is 1. The Morgan fingerprint density at radius 2 is 1.47 bits per heavy atom. The number of rotatable bonds is 8. The van der Waals surface area contributed by atoms with Crippen molar-refractivity contribution in [1.82, 2.24) is 19.7 Å². The molecule has 0 saturated heterocycles. The Kier molecular flexibility index (Phi) is 7.80. The van der Waals surface area contributed by atoms with Gasteiger partial charge in [0.1, 0.15) is 11.5 Å². The van der Waals surface area contributed by atoms with Crippen molar-refractivity contribution in [3.63, 3.8) is 0 Å². The highest BCUT2D eigenvalue weighted by Gasteiger charge is 2.64. The maximum absolute atomic E-state index is 18.6. The lowest BCUT2D eigenvalue weighted by atomic mass is 9.91. The van der Waals surface area contributed by atoms with E-state index in [0.717, 1.165) is 36.4 Å². The number of pyridine rings is 1. The number of fused-ring (bicyclic) bond motifs is 1. The number of hydrogen-bond acceptors (Lipinski definition) is 6. The van der Waals surface area contributed by atoms with Gasteiger partial charge in [0, 0.05) is 52.7 Å². The summed E-state index contributed by atoms with van der Waals surface area (Å²) in [5, 5.41) is 3.20. The van der Waals surface area contributed by atoms with E-state index < -0.39 is 56.1 Å². The summed E-state index contributed by atoms with van der Waals surface area (Å²) < 4.78 is 89.3. The molecule has 6 rings (SSSR count). The second-order valence-corrected chi connectivity index (χ2v) is 15.4. The first-order valence-corrected chi connectivity index (χ1v) is 17.0. The van der Waals surface area contributed by atoms with Crippen LogP contribution in [0.1, 0.15) is 17.0 Å². The molecule has 0 bridgehead atoms. The molecule has 0 amide bonds. The smallest absolute Gasteiger partial charge is 0.328 e. The molecule has 1 unspecified atom stereocenters. The third kappa shape index (κ3) is 4.92. The number of halogens is 4. The molecule has 0 aliphatic heterocycles. The maximum Gasteiger partial charge on any atom is 0.328 e. The highest BCUT2D eigenvalue weighted by atomic mass is 35.5. The zero-order chi connectivity index (χ0) is 32.1. The maximum atomic E-state index is 18.6. The van der Waals surface area contributed by atoms with Gasteiger partial charge in [-0.1, -0.05) is 59.6 Å². The Hall–Kier alpha value is -4.10. The summed E-state index contributed by atoms with van der Waals surface area (Å²) in [6.45, 7) is 0.